The van der Waals surface area contributed by atoms with Crippen LogP contribution in [-0.2, 0) is 0 Å². The van der Waals surface area contributed by atoms with Gasteiger partial charge >= 0.3 is 0 Å². The SMILES string of the molecule is CCCC1(CNc2ccc(C#N)c(N)c2)CC1. The lowest BCUT2D eigenvalue weighted by molar-refractivity contribution is 0.486. The molecule has 0 heterocycles. The molecule has 90 valence electrons. The van der Waals surface area contributed by atoms with E-state index in [9.17, 15) is 0 Å². The predicted octanol–water partition coefficient (Wildman–Crippen LogP) is 3.13. The molecule has 0 radical (unpaired) electrons. The molecule has 1 aromatic carbocycles. The molecule has 1 fully saturated rings. The van der Waals surface area contributed by atoms with Crippen molar-refractivity contribution in [1.82, 2.24) is 0 Å². The van der Waals surface area contributed by atoms with Crippen LogP contribution in [0, 0.1) is 16.7 Å². The summed E-state index contributed by atoms with van der Waals surface area (Å²) in [6.07, 6.45) is 5.21. The molecule has 3 N–H and O–H groups in total. The Bertz CT molecular complexity index is 441. The van der Waals surface area contributed by atoms with Gasteiger partial charge in [-0.2, -0.15) is 5.26 Å². The molecule has 1 aliphatic rings. The van der Waals surface area contributed by atoms with Crippen LogP contribution in [-0.4, -0.2) is 6.54 Å². The van der Waals surface area contributed by atoms with Crippen LogP contribution in [0.25, 0.3) is 0 Å². The Morgan fingerprint density at radius 3 is 2.76 bits per heavy atom. The van der Waals surface area contributed by atoms with Gasteiger partial charge in [0.1, 0.15) is 6.07 Å². The zero-order valence-electron chi connectivity index (χ0n) is 10.3. The van der Waals surface area contributed by atoms with Gasteiger partial charge in [-0.25, -0.2) is 0 Å². The number of anilines is 2. The summed E-state index contributed by atoms with van der Waals surface area (Å²) in [6.45, 7) is 3.26. The van der Waals surface area contributed by atoms with E-state index < -0.39 is 0 Å². The molecule has 17 heavy (non-hydrogen) atoms. The molecular weight excluding hydrogens is 210 g/mol. The summed E-state index contributed by atoms with van der Waals surface area (Å²) < 4.78 is 0. The zero-order chi connectivity index (χ0) is 12.3. The summed E-state index contributed by atoms with van der Waals surface area (Å²) in [5.74, 6) is 0. The van der Waals surface area contributed by atoms with E-state index in [1.165, 1.54) is 25.7 Å². The number of nitriles is 1. The van der Waals surface area contributed by atoms with Crippen LogP contribution in [0.3, 0.4) is 0 Å². The van der Waals surface area contributed by atoms with Crippen LogP contribution in [0.15, 0.2) is 18.2 Å². The second-order valence-electron chi connectivity index (χ2n) is 5.02. The third kappa shape index (κ3) is 2.71. The van der Waals surface area contributed by atoms with Crippen molar-refractivity contribution in [2.24, 2.45) is 5.41 Å². The first-order valence-electron chi connectivity index (χ1n) is 6.23. The van der Waals surface area contributed by atoms with Gasteiger partial charge in [0.05, 0.1) is 11.3 Å². The molecule has 1 aromatic rings. The molecule has 0 aromatic heterocycles. The van der Waals surface area contributed by atoms with E-state index in [2.05, 4.69) is 18.3 Å². The van der Waals surface area contributed by atoms with Crippen LogP contribution in [0.5, 0.6) is 0 Å². The van der Waals surface area contributed by atoms with Crippen molar-refractivity contribution >= 4 is 11.4 Å². The van der Waals surface area contributed by atoms with Gasteiger partial charge < -0.3 is 11.1 Å². The van der Waals surface area contributed by atoms with Crippen molar-refractivity contribution in [3.05, 3.63) is 23.8 Å². The van der Waals surface area contributed by atoms with Crippen molar-refractivity contribution in [1.29, 1.82) is 5.26 Å². The van der Waals surface area contributed by atoms with Crippen molar-refractivity contribution in [2.45, 2.75) is 32.6 Å². The molecule has 3 heteroatoms. The highest BCUT2D eigenvalue weighted by Gasteiger charge is 2.40. The van der Waals surface area contributed by atoms with Crippen molar-refractivity contribution in [3.63, 3.8) is 0 Å². The average Bonchev–Trinajstić information content (AvgIpc) is 3.08. The molecule has 0 spiro atoms. The molecule has 0 saturated heterocycles. The summed E-state index contributed by atoms with van der Waals surface area (Å²) in [5.41, 5.74) is 8.43. The quantitative estimate of drug-likeness (QED) is 0.762. The fourth-order valence-electron chi connectivity index (χ4n) is 2.29. The first-order valence-corrected chi connectivity index (χ1v) is 6.23. The first-order chi connectivity index (χ1) is 8.19. The summed E-state index contributed by atoms with van der Waals surface area (Å²) in [5, 5.41) is 12.2. The average molecular weight is 229 g/mol. The summed E-state index contributed by atoms with van der Waals surface area (Å²) in [7, 11) is 0. The maximum absolute atomic E-state index is 8.80. The van der Waals surface area contributed by atoms with Crippen LogP contribution in [0.2, 0.25) is 0 Å². The van der Waals surface area contributed by atoms with Gasteiger partial charge in [0.2, 0.25) is 0 Å². The van der Waals surface area contributed by atoms with E-state index in [0.717, 1.165) is 12.2 Å². The molecule has 0 bridgehead atoms. The van der Waals surface area contributed by atoms with E-state index in [1.54, 1.807) is 6.07 Å². The lowest BCUT2D eigenvalue weighted by atomic mass is 10.0. The Kier molecular flexibility index (Phi) is 3.23. The highest BCUT2D eigenvalue weighted by atomic mass is 14.9. The van der Waals surface area contributed by atoms with Crippen LogP contribution in [0.1, 0.15) is 38.2 Å². The first kappa shape index (κ1) is 11.8. The fraction of sp³-hybridized carbons (Fsp3) is 0.500. The molecule has 0 amide bonds. The third-order valence-electron chi connectivity index (χ3n) is 3.58. The Morgan fingerprint density at radius 1 is 1.47 bits per heavy atom. The maximum atomic E-state index is 8.80. The number of nitrogens with two attached hydrogens (primary N) is 1. The fourth-order valence-corrected chi connectivity index (χ4v) is 2.29. The lowest BCUT2D eigenvalue weighted by Crippen LogP contribution is -2.15. The standard InChI is InChI=1S/C14H19N3/c1-2-5-14(6-7-14)10-17-12-4-3-11(9-15)13(16)8-12/h3-4,8,17H,2,5-7,10,16H2,1H3. The van der Waals surface area contributed by atoms with E-state index in [4.69, 9.17) is 11.0 Å². The number of nitrogens with zero attached hydrogens (tertiary/aromatic N) is 1. The van der Waals surface area contributed by atoms with Gasteiger partial charge in [-0.3, -0.25) is 0 Å². The molecule has 0 aliphatic heterocycles. The van der Waals surface area contributed by atoms with Gasteiger partial charge in [-0.15, -0.1) is 0 Å². The summed E-state index contributed by atoms with van der Waals surface area (Å²) >= 11 is 0. The van der Waals surface area contributed by atoms with Gasteiger partial charge in [-0.1, -0.05) is 13.3 Å². The van der Waals surface area contributed by atoms with E-state index in [1.807, 2.05) is 12.1 Å². The van der Waals surface area contributed by atoms with Crippen LogP contribution < -0.4 is 11.1 Å². The minimum Gasteiger partial charge on any atom is -0.398 e. The minimum absolute atomic E-state index is 0.525. The van der Waals surface area contributed by atoms with Gasteiger partial charge in [0, 0.05) is 12.2 Å². The van der Waals surface area contributed by atoms with Crippen LogP contribution >= 0.6 is 0 Å². The molecule has 1 saturated carbocycles. The number of rotatable bonds is 5. The normalized spacial score (nSPS) is 16.2. The molecule has 3 nitrogen and oxygen atoms in total. The summed E-state index contributed by atoms with van der Waals surface area (Å²) in [6, 6.07) is 7.62. The molecule has 0 unspecified atom stereocenters. The third-order valence-corrected chi connectivity index (χ3v) is 3.58. The number of hydrogen-bond donors (Lipinski definition) is 2. The zero-order valence-corrected chi connectivity index (χ0v) is 10.3. The number of nitrogen functional groups attached to an aromatic ring is 1. The number of nitrogens with one attached hydrogen (secondary N) is 1. The number of hydrogen-bond acceptors (Lipinski definition) is 3. The van der Waals surface area contributed by atoms with Crippen LogP contribution in [0.4, 0.5) is 11.4 Å². The van der Waals surface area contributed by atoms with Gasteiger partial charge in [0.25, 0.3) is 0 Å². The second-order valence-corrected chi connectivity index (χ2v) is 5.02. The lowest BCUT2D eigenvalue weighted by Gasteiger charge is -2.16. The molecular formula is C14H19N3. The van der Waals surface area contributed by atoms with E-state index in [0.29, 0.717) is 16.7 Å². The van der Waals surface area contributed by atoms with Crippen molar-refractivity contribution in [3.8, 4) is 6.07 Å². The predicted molar refractivity (Wildman–Crippen MR) is 70.6 cm³/mol. The van der Waals surface area contributed by atoms with Gasteiger partial charge in [-0.05, 0) is 42.9 Å². The van der Waals surface area contributed by atoms with Crippen molar-refractivity contribution in [2.75, 3.05) is 17.6 Å². The smallest absolute Gasteiger partial charge is 0.101 e. The van der Waals surface area contributed by atoms with E-state index >= 15 is 0 Å². The Hall–Kier alpha value is -1.69. The summed E-state index contributed by atoms with van der Waals surface area (Å²) in [4.78, 5) is 0. The minimum atomic E-state index is 0.525. The van der Waals surface area contributed by atoms with Gasteiger partial charge in [0.15, 0.2) is 0 Å². The molecule has 1 aliphatic carbocycles. The second kappa shape index (κ2) is 4.67. The Balaban J connectivity index is 1.96. The highest BCUT2D eigenvalue weighted by Crippen LogP contribution is 2.49. The maximum Gasteiger partial charge on any atom is 0.101 e. The largest absolute Gasteiger partial charge is 0.398 e. The Labute approximate surface area is 103 Å². The monoisotopic (exact) mass is 229 g/mol. The number of benzene rings is 1. The van der Waals surface area contributed by atoms with E-state index in [-0.39, 0.29) is 0 Å². The molecule has 0 atom stereocenters. The topological polar surface area (TPSA) is 61.8 Å². The molecule has 2 rings (SSSR count). The highest BCUT2D eigenvalue weighted by molar-refractivity contribution is 5.62. The Morgan fingerprint density at radius 2 is 2.24 bits per heavy atom. The van der Waals surface area contributed by atoms with Crippen molar-refractivity contribution < 1.29 is 0 Å².